The molecule has 9 heteroatoms. The highest BCUT2D eigenvalue weighted by Gasteiger charge is 2.33. The second-order valence-corrected chi connectivity index (χ2v) is 11.5. The Morgan fingerprint density at radius 1 is 0.949 bits per heavy atom. The minimum atomic E-state index is -4.09. The fraction of sp³-hybridized carbons (Fsp3) is 0.333. The average molecular weight is 552 g/mol. The largest absolute Gasteiger partial charge is 0.497 e. The number of hydrogen-bond donors (Lipinski definition) is 1. The Morgan fingerprint density at radius 3 is 2.21 bits per heavy atom. The van der Waals surface area contributed by atoms with Crippen LogP contribution in [0.15, 0.2) is 83.8 Å². The molecular formula is C30H37N3O5S. The summed E-state index contributed by atoms with van der Waals surface area (Å²) < 4.78 is 34.1. The van der Waals surface area contributed by atoms with E-state index in [9.17, 15) is 18.0 Å². The number of methoxy groups -OCH3 is 1. The van der Waals surface area contributed by atoms with Crippen molar-refractivity contribution < 1.29 is 22.7 Å². The number of rotatable bonds is 12. The van der Waals surface area contributed by atoms with Gasteiger partial charge in [-0.3, -0.25) is 13.9 Å². The second kappa shape index (κ2) is 13.3. The predicted molar refractivity (Wildman–Crippen MR) is 153 cm³/mol. The molecule has 0 saturated carbocycles. The van der Waals surface area contributed by atoms with Gasteiger partial charge in [0, 0.05) is 12.6 Å². The number of carbonyl (C=O) groups excluding carboxylic acids is 2. The van der Waals surface area contributed by atoms with E-state index in [-0.39, 0.29) is 23.4 Å². The maximum absolute atomic E-state index is 14.0. The maximum atomic E-state index is 14.0. The Kier molecular flexibility index (Phi) is 10.1. The van der Waals surface area contributed by atoms with E-state index in [0.717, 1.165) is 15.4 Å². The van der Waals surface area contributed by atoms with Gasteiger partial charge in [-0.25, -0.2) is 8.42 Å². The van der Waals surface area contributed by atoms with Crippen molar-refractivity contribution in [3.63, 3.8) is 0 Å². The van der Waals surface area contributed by atoms with Gasteiger partial charge in [0.1, 0.15) is 18.3 Å². The van der Waals surface area contributed by atoms with Crippen molar-refractivity contribution >= 4 is 27.5 Å². The number of para-hydroxylation sites is 1. The lowest BCUT2D eigenvalue weighted by molar-refractivity contribution is -0.140. The molecule has 8 nitrogen and oxygen atoms in total. The molecule has 3 aromatic carbocycles. The zero-order valence-corrected chi connectivity index (χ0v) is 23.9. The summed E-state index contributed by atoms with van der Waals surface area (Å²) in [6.07, 6.45) is 0.351. The van der Waals surface area contributed by atoms with Crippen LogP contribution in [0.4, 0.5) is 5.69 Å². The molecule has 3 aromatic rings. The summed E-state index contributed by atoms with van der Waals surface area (Å²) in [4.78, 5) is 28.7. The van der Waals surface area contributed by atoms with Gasteiger partial charge >= 0.3 is 0 Å². The van der Waals surface area contributed by atoms with Crippen LogP contribution in [0.5, 0.6) is 5.75 Å². The van der Waals surface area contributed by atoms with E-state index in [1.54, 1.807) is 61.7 Å². The van der Waals surface area contributed by atoms with Gasteiger partial charge in [0.05, 0.1) is 17.7 Å². The lowest BCUT2D eigenvalue weighted by Crippen LogP contribution is -2.53. The van der Waals surface area contributed by atoms with Gasteiger partial charge in [-0.05, 0) is 69.2 Å². The van der Waals surface area contributed by atoms with Crippen LogP contribution in [0, 0.1) is 6.92 Å². The molecule has 39 heavy (non-hydrogen) atoms. The summed E-state index contributed by atoms with van der Waals surface area (Å²) in [5, 5.41) is 2.89. The van der Waals surface area contributed by atoms with Crippen LogP contribution in [0.25, 0.3) is 0 Å². The van der Waals surface area contributed by atoms with Crippen LogP contribution < -0.4 is 14.4 Å². The molecule has 1 atom stereocenters. The van der Waals surface area contributed by atoms with Gasteiger partial charge in [0.2, 0.25) is 11.8 Å². The summed E-state index contributed by atoms with van der Waals surface area (Å²) in [6, 6.07) is 21.3. The second-order valence-electron chi connectivity index (χ2n) is 9.62. The fourth-order valence-corrected chi connectivity index (χ4v) is 5.64. The van der Waals surface area contributed by atoms with Crippen LogP contribution >= 0.6 is 0 Å². The van der Waals surface area contributed by atoms with Gasteiger partial charge in [0.25, 0.3) is 10.0 Å². The number of carbonyl (C=O) groups is 2. The highest BCUT2D eigenvalue weighted by molar-refractivity contribution is 7.92. The predicted octanol–water partition coefficient (Wildman–Crippen LogP) is 4.53. The molecule has 0 unspecified atom stereocenters. The SMILES string of the molecule is CC[C@@H](C(=O)NC(C)C)N(Cc1cccc(OC)c1)C(=O)CN(c1ccccc1)S(=O)(=O)c1ccc(C)cc1. The van der Waals surface area contributed by atoms with Crippen LogP contribution in [0.2, 0.25) is 0 Å². The zero-order chi connectivity index (χ0) is 28.6. The van der Waals surface area contributed by atoms with E-state index < -0.39 is 28.5 Å². The average Bonchev–Trinajstić information content (AvgIpc) is 2.91. The van der Waals surface area contributed by atoms with Gasteiger partial charge in [0.15, 0.2) is 0 Å². The van der Waals surface area contributed by atoms with E-state index in [1.807, 2.05) is 39.8 Å². The van der Waals surface area contributed by atoms with Crippen LogP contribution in [0.3, 0.4) is 0 Å². The molecule has 3 rings (SSSR count). The third-order valence-corrected chi connectivity index (χ3v) is 8.02. The first kappa shape index (κ1) is 29.7. The molecule has 0 radical (unpaired) electrons. The molecule has 208 valence electrons. The summed E-state index contributed by atoms with van der Waals surface area (Å²) in [5.74, 6) is -0.174. The van der Waals surface area contributed by atoms with Crippen LogP contribution in [0.1, 0.15) is 38.3 Å². The Morgan fingerprint density at radius 2 is 1.62 bits per heavy atom. The van der Waals surface area contributed by atoms with E-state index in [1.165, 1.54) is 17.0 Å². The van der Waals surface area contributed by atoms with Crippen molar-refractivity contribution in [2.75, 3.05) is 18.0 Å². The van der Waals surface area contributed by atoms with Gasteiger partial charge in [-0.1, -0.05) is 55.0 Å². The van der Waals surface area contributed by atoms with Crippen molar-refractivity contribution in [2.24, 2.45) is 0 Å². The Labute approximate surface area is 231 Å². The number of ether oxygens (including phenoxy) is 1. The van der Waals surface area contributed by atoms with Crippen molar-refractivity contribution in [1.29, 1.82) is 0 Å². The van der Waals surface area contributed by atoms with Crippen molar-refractivity contribution in [3.8, 4) is 5.75 Å². The molecule has 0 heterocycles. The highest BCUT2D eigenvalue weighted by Crippen LogP contribution is 2.25. The smallest absolute Gasteiger partial charge is 0.264 e. The first-order valence-corrected chi connectivity index (χ1v) is 14.4. The van der Waals surface area contributed by atoms with Gasteiger partial charge in [-0.15, -0.1) is 0 Å². The third kappa shape index (κ3) is 7.60. The number of aryl methyl sites for hydroxylation is 1. The van der Waals surface area contributed by atoms with Crippen molar-refractivity contribution in [3.05, 3.63) is 90.0 Å². The molecule has 0 aromatic heterocycles. The first-order valence-electron chi connectivity index (χ1n) is 12.9. The first-order chi connectivity index (χ1) is 18.6. The molecule has 0 aliphatic rings. The van der Waals surface area contributed by atoms with E-state index in [4.69, 9.17) is 4.74 Å². The number of nitrogens with one attached hydrogen (secondary N) is 1. The van der Waals surface area contributed by atoms with Gasteiger partial charge in [-0.2, -0.15) is 0 Å². The lowest BCUT2D eigenvalue weighted by Gasteiger charge is -2.33. The lowest BCUT2D eigenvalue weighted by atomic mass is 10.1. The quantitative estimate of drug-likeness (QED) is 0.357. The molecular weight excluding hydrogens is 514 g/mol. The molecule has 1 N–H and O–H groups in total. The van der Waals surface area contributed by atoms with E-state index >= 15 is 0 Å². The molecule has 0 bridgehead atoms. The number of amides is 2. The minimum Gasteiger partial charge on any atom is -0.497 e. The molecule has 0 saturated heterocycles. The number of nitrogens with zero attached hydrogens (tertiary/aromatic N) is 2. The summed E-state index contributed by atoms with van der Waals surface area (Å²) in [5.41, 5.74) is 2.03. The number of benzene rings is 3. The zero-order valence-electron chi connectivity index (χ0n) is 23.1. The summed E-state index contributed by atoms with van der Waals surface area (Å²) >= 11 is 0. The fourth-order valence-electron chi connectivity index (χ4n) is 4.23. The summed E-state index contributed by atoms with van der Waals surface area (Å²) in [7, 11) is -2.53. The van der Waals surface area contributed by atoms with E-state index in [0.29, 0.717) is 17.9 Å². The molecule has 0 fully saturated rings. The molecule has 0 aliphatic heterocycles. The maximum Gasteiger partial charge on any atom is 0.264 e. The molecule has 0 aliphatic carbocycles. The number of anilines is 1. The Balaban J connectivity index is 2.04. The monoisotopic (exact) mass is 551 g/mol. The Hall–Kier alpha value is -3.85. The van der Waals surface area contributed by atoms with Crippen molar-refractivity contribution in [1.82, 2.24) is 10.2 Å². The number of hydrogen-bond acceptors (Lipinski definition) is 5. The van der Waals surface area contributed by atoms with Crippen LogP contribution in [-0.2, 0) is 26.2 Å². The molecule has 2 amide bonds. The Bertz CT molecular complexity index is 1360. The standard InChI is InChI=1S/C30H37N3O5S/c1-6-28(30(35)31-22(2)3)32(20-24-11-10-14-26(19-24)38-5)29(34)21-33(25-12-8-7-9-13-25)39(36,37)27-17-15-23(4)16-18-27/h7-19,22,28H,6,20-21H2,1-5H3,(H,31,35)/t28-/m0/s1. The highest BCUT2D eigenvalue weighted by atomic mass is 32.2. The van der Waals surface area contributed by atoms with Gasteiger partial charge < -0.3 is 15.0 Å². The van der Waals surface area contributed by atoms with Crippen LogP contribution in [-0.4, -0.2) is 50.9 Å². The summed E-state index contributed by atoms with van der Waals surface area (Å²) in [6.45, 7) is 7.03. The topological polar surface area (TPSA) is 96.0 Å². The third-order valence-electron chi connectivity index (χ3n) is 6.24. The van der Waals surface area contributed by atoms with E-state index in [2.05, 4.69) is 5.32 Å². The van der Waals surface area contributed by atoms with Crippen molar-refractivity contribution in [2.45, 2.75) is 57.6 Å². The normalized spacial score (nSPS) is 12.1. The minimum absolute atomic E-state index is 0.0775. The molecule has 0 spiro atoms. The number of sulfonamides is 1.